The lowest BCUT2D eigenvalue weighted by Gasteiger charge is -2.10. The number of carbonyl (C=O) groups excluding carboxylic acids is 1. The molecule has 132 valence electrons. The van der Waals surface area contributed by atoms with Crippen LogP contribution >= 0.6 is 23.2 Å². The fraction of sp³-hybridized carbons (Fsp3) is 0.100. The first-order chi connectivity index (χ1) is 12.5. The Balaban J connectivity index is 1.69. The number of aromatic nitrogens is 1. The molecule has 3 rings (SSSR count). The number of rotatable bonds is 5. The topological polar surface area (TPSA) is 54.0 Å². The van der Waals surface area contributed by atoms with Crippen LogP contribution in [0.1, 0.15) is 21.5 Å². The summed E-state index contributed by atoms with van der Waals surface area (Å²) in [5.74, 6) is -0.188. The number of halogens is 2. The number of carbonyl (C=O) groups is 1. The maximum Gasteiger partial charge on any atom is 0.253 e. The number of nitrogens with one attached hydrogen (secondary N) is 2. The van der Waals surface area contributed by atoms with Crippen LogP contribution in [0.5, 0.6) is 0 Å². The lowest BCUT2D eigenvalue weighted by Crippen LogP contribution is -2.23. The monoisotopic (exact) mass is 385 g/mol. The molecule has 1 aromatic heterocycles. The molecular weight excluding hydrogens is 369 g/mol. The molecule has 0 fully saturated rings. The quantitative estimate of drug-likeness (QED) is 0.620. The van der Waals surface area contributed by atoms with E-state index in [1.165, 1.54) is 6.20 Å². The summed E-state index contributed by atoms with van der Waals surface area (Å²) in [7, 11) is 0. The minimum absolute atomic E-state index is 0.188. The van der Waals surface area contributed by atoms with Crippen molar-refractivity contribution in [3.63, 3.8) is 0 Å². The van der Waals surface area contributed by atoms with Crippen molar-refractivity contribution in [2.75, 3.05) is 5.32 Å². The molecule has 0 aliphatic rings. The average molecular weight is 386 g/mol. The van der Waals surface area contributed by atoms with Crippen molar-refractivity contribution in [2.24, 2.45) is 0 Å². The molecule has 1 heterocycles. The fourth-order valence-electron chi connectivity index (χ4n) is 2.53. The second-order valence-corrected chi connectivity index (χ2v) is 6.79. The summed E-state index contributed by atoms with van der Waals surface area (Å²) < 4.78 is 0. The number of aryl methyl sites for hydroxylation is 1. The number of hydrogen-bond acceptors (Lipinski definition) is 3. The molecule has 0 bridgehead atoms. The summed E-state index contributed by atoms with van der Waals surface area (Å²) in [4.78, 5) is 16.5. The number of benzene rings is 2. The van der Waals surface area contributed by atoms with Crippen molar-refractivity contribution in [1.82, 2.24) is 10.3 Å². The smallest absolute Gasteiger partial charge is 0.253 e. The van der Waals surface area contributed by atoms with E-state index in [0.29, 0.717) is 27.8 Å². The summed E-state index contributed by atoms with van der Waals surface area (Å²) in [5.41, 5.74) is 4.07. The number of amides is 1. The van der Waals surface area contributed by atoms with E-state index in [1.54, 1.807) is 30.5 Å². The fourth-order valence-corrected chi connectivity index (χ4v) is 3.06. The van der Waals surface area contributed by atoms with Crippen molar-refractivity contribution in [1.29, 1.82) is 0 Å². The maximum absolute atomic E-state index is 12.4. The Labute approximate surface area is 162 Å². The Kier molecular flexibility index (Phi) is 5.76. The van der Waals surface area contributed by atoms with E-state index in [9.17, 15) is 4.79 Å². The van der Waals surface area contributed by atoms with Gasteiger partial charge in [-0.15, -0.1) is 0 Å². The van der Waals surface area contributed by atoms with Crippen LogP contribution in [0.2, 0.25) is 10.0 Å². The molecule has 0 unspecified atom stereocenters. The Bertz CT molecular complexity index is 924. The molecule has 1 amide bonds. The molecule has 0 aliphatic heterocycles. The third kappa shape index (κ3) is 4.97. The van der Waals surface area contributed by atoms with Crippen molar-refractivity contribution in [3.8, 4) is 0 Å². The zero-order chi connectivity index (χ0) is 18.5. The standard InChI is InChI=1S/C20H17Cl2N3O/c1-13-3-2-4-14(5-13)10-24-20(26)15-6-19(12-23-11-15)25-18-8-16(21)7-17(22)9-18/h2-9,11-12,25H,10H2,1H3,(H,24,26). The molecule has 0 saturated carbocycles. The molecule has 26 heavy (non-hydrogen) atoms. The SMILES string of the molecule is Cc1cccc(CNC(=O)c2cncc(Nc3cc(Cl)cc(Cl)c3)c2)c1. The Morgan fingerprint density at radius 1 is 1.00 bits per heavy atom. The Morgan fingerprint density at radius 2 is 1.77 bits per heavy atom. The summed E-state index contributed by atoms with van der Waals surface area (Å²) in [5, 5.41) is 7.11. The van der Waals surface area contributed by atoms with Gasteiger partial charge >= 0.3 is 0 Å². The van der Waals surface area contributed by atoms with Gasteiger partial charge in [-0.3, -0.25) is 9.78 Å². The molecule has 0 aliphatic carbocycles. The van der Waals surface area contributed by atoms with E-state index in [-0.39, 0.29) is 5.91 Å². The third-order valence-corrected chi connectivity index (χ3v) is 4.12. The van der Waals surface area contributed by atoms with Crippen LogP contribution in [0.3, 0.4) is 0 Å². The molecule has 0 radical (unpaired) electrons. The van der Waals surface area contributed by atoms with E-state index in [0.717, 1.165) is 16.8 Å². The number of nitrogens with zero attached hydrogens (tertiary/aromatic N) is 1. The highest BCUT2D eigenvalue weighted by Gasteiger charge is 2.08. The Morgan fingerprint density at radius 3 is 2.50 bits per heavy atom. The second-order valence-electron chi connectivity index (χ2n) is 5.92. The molecule has 3 aromatic rings. The minimum Gasteiger partial charge on any atom is -0.354 e. The van der Waals surface area contributed by atoms with Gasteiger partial charge in [-0.1, -0.05) is 53.0 Å². The lowest BCUT2D eigenvalue weighted by atomic mass is 10.1. The van der Waals surface area contributed by atoms with Crippen LogP contribution in [0.4, 0.5) is 11.4 Å². The average Bonchev–Trinajstić information content (AvgIpc) is 2.59. The van der Waals surface area contributed by atoms with Gasteiger partial charge in [0.25, 0.3) is 5.91 Å². The largest absolute Gasteiger partial charge is 0.354 e. The van der Waals surface area contributed by atoms with Crippen LogP contribution in [0.15, 0.2) is 60.9 Å². The van der Waals surface area contributed by atoms with Crippen LogP contribution < -0.4 is 10.6 Å². The predicted molar refractivity (Wildman–Crippen MR) is 106 cm³/mol. The van der Waals surface area contributed by atoms with Gasteiger partial charge in [-0.05, 0) is 36.8 Å². The summed E-state index contributed by atoms with van der Waals surface area (Å²) in [6.45, 7) is 2.48. The van der Waals surface area contributed by atoms with Gasteiger partial charge in [-0.2, -0.15) is 0 Å². The lowest BCUT2D eigenvalue weighted by molar-refractivity contribution is 0.0950. The van der Waals surface area contributed by atoms with E-state index in [4.69, 9.17) is 23.2 Å². The van der Waals surface area contributed by atoms with E-state index >= 15 is 0 Å². The molecule has 0 spiro atoms. The Hall–Kier alpha value is -2.56. The zero-order valence-corrected chi connectivity index (χ0v) is 15.6. The molecule has 2 aromatic carbocycles. The third-order valence-electron chi connectivity index (χ3n) is 3.69. The molecule has 6 heteroatoms. The van der Waals surface area contributed by atoms with E-state index in [2.05, 4.69) is 15.6 Å². The molecule has 0 saturated heterocycles. The van der Waals surface area contributed by atoms with Crippen LogP contribution in [0, 0.1) is 6.92 Å². The number of pyridine rings is 1. The van der Waals surface area contributed by atoms with E-state index < -0.39 is 0 Å². The van der Waals surface area contributed by atoms with Crippen molar-refractivity contribution < 1.29 is 4.79 Å². The summed E-state index contributed by atoms with van der Waals surface area (Å²) >= 11 is 12.0. The normalized spacial score (nSPS) is 10.4. The van der Waals surface area contributed by atoms with Crippen LogP contribution in [-0.4, -0.2) is 10.9 Å². The van der Waals surface area contributed by atoms with Gasteiger partial charge in [0, 0.05) is 28.5 Å². The molecule has 0 atom stereocenters. The zero-order valence-electron chi connectivity index (χ0n) is 14.1. The van der Waals surface area contributed by atoms with Gasteiger partial charge < -0.3 is 10.6 Å². The van der Waals surface area contributed by atoms with Crippen molar-refractivity contribution in [3.05, 3.63) is 87.7 Å². The van der Waals surface area contributed by atoms with Gasteiger partial charge in [0.1, 0.15) is 0 Å². The first-order valence-corrected chi connectivity index (χ1v) is 8.77. The van der Waals surface area contributed by atoms with Crippen LogP contribution in [0.25, 0.3) is 0 Å². The summed E-state index contributed by atoms with van der Waals surface area (Å²) in [6, 6.07) is 14.9. The van der Waals surface area contributed by atoms with Crippen LogP contribution in [-0.2, 0) is 6.54 Å². The highest BCUT2D eigenvalue weighted by atomic mass is 35.5. The first kappa shape index (κ1) is 18.2. The predicted octanol–water partition coefficient (Wildman–Crippen LogP) is 5.37. The minimum atomic E-state index is -0.188. The highest BCUT2D eigenvalue weighted by molar-refractivity contribution is 6.35. The van der Waals surface area contributed by atoms with Crippen molar-refractivity contribution >= 4 is 40.5 Å². The van der Waals surface area contributed by atoms with Gasteiger partial charge in [0.05, 0.1) is 17.4 Å². The summed E-state index contributed by atoms with van der Waals surface area (Å²) in [6.07, 6.45) is 3.16. The van der Waals surface area contributed by atoms with Gasteiger partial charge in [0.15, 0.2) is 0 Å². The van der Waals surface area contributed by atoms with Crippen molar-refractivity contribution in [2.45, 2.75) is 13.5 Å². The number of anilines is 2. The number of hydrogen-bond donors (Lipinski definition) is 2. The first-order valence-electron chi connectivity index (χ1n) is 8.01. The molecular formula is C20H17Cl2N3O. The maximum atomic E-state index is 12.4. The second kappa shape index (κ2) is 8.21. The molecule has 2 N–H and O–H groups in total. The van der Waals surface area contributed by atoms with E-state index in [1.807, 2.05) is 31.2 Å². The highest BCUT2D eigenvalue weighted by Crippen LogP contribution is 2.25. The molecule has 4 nitrogen and oxygen atoms in total. The van der Waals surface area contributed by atoms with Gasteiger partial charge in [0.2, 0.25) is 0 Å². The van der Waals surface area contributed by atoms with Gasteiger partial charge in [-0.25, -0.2) is 0 Å².